The molecule has 3 fully saturated rings. The Morgan fingerprint density at radius 1 is 0.363 bits per heavy atom. The molecule has 592 valence electrons. The maximum atomic E-state index is 13.5. The maximum absolute atomic E-state index is 13.5. The van der Waals surface area contributed by atoms with E-state index in [1.807, 2.05) is 0 Å². The molecule has 0 aliphatic carbocycles. The van der Waals surface area contributed by atoms with Crippen molar-refractivity contribution in [2.75, 3.05) is 26.4 Å². The molecular weight excluding hydrogens is 1300 g/mol. The van der Waals surface area contributed by atoms with Gasteiger partial charge in [0.25, 0.3) is 0 Å². The van der Waals surface area contributed by atoms with Crippen LogP contribution in [0.2, 0.25) is 0 Å². The highest BCUT2D eigenvalue weighted by Crippen LogP contribution is 2.33. The van der Waals surface area contributed by atoms with Crippen molar-refractivity contribution in [3.8, 4) is 0 Å². The molecule has 3 saturated heterocycles. The number of carbonyl (C=O) groups is 1. The zero-order valence-electron chi connectivity index (χ0n) is 63.3. The lowest BCUT2D eigenvalue weighted by atomic mass is 9.96. The molecular formula is C83H147NO18. The fourth-order valence-electron chi connectivity index (χ4n) is 13.5. The highest BCUT2D eigenvalue weighted by atomic mass is 16.8. The molecule has 0 bridgehead atoms. The first-order chi connectivity index (χ1) is 49.8. The molecule has 12 N–H and O–H groups in total. The Labute approximate surface area is 616 Å². The van der Waals surface area contributed by atoms with E-state index in [9.17, 15) is 61.0 Å². The number of aliphatic hydroxyl groups excluding tert-OH is 11. The molecule has 3 aliphatic rings. The van der Waals surface area contributed by atoms with Crippen LogP contribution >= 0.6 is 0 Å². The Morgan fingerprint density at radius 2 is 0.676 bits per heavy atom. The number of aliphatic hydroxyl groups is 11. The second-order valence-corrected chi connectivity index (χ2v) is 28.9. The fraction of sp³-hybridized carbons (Fsp3) is 0.819. The smallest absolute Gasteiger partial charge is 0.220 e. The van der Waals surface area contributed by atoms with E-state index in [4.69, 9.17) is 28.4 Å². The molecule has 0 aromatic carbocycles. The average Bonchev–Trinajstić information content (AvgIpc) is 0.782. The summed E-state index contributed by atoms with van der Waals surface area (Å²) in [5.74, 6) is -0.261. The van der Waals surface area contributed by atoms with Crippen LogP contribution in [0.4, 0.5) is 0 Å². The molecule has 17 unspecified atom stereocenters. The number of carbonyl (C=O) groups excluding carboxylic acids is 1. The summed E-state index contributed by atoms with van der Waals surface area (Å²) in [7, 11) is 0. The van der Waals surface area contributed by atoms with Gasteiger partial charge in [-0.3, -0.25) is 4.79 Å². The van der Waals surface area contributed by atoms with Gasteiger partial charge in [0.15, 0.2) is 18.9 Å². The predicted molar refractivity (Wildman–Crippen MR) is 406 cm³/mol. The highest BCUT2D eigenvalue weighted by Gasteiger charge is 2.54. The molecule has 3 aliphatic heterocycles. The van der Waals surface area contributed by atoms with Gasteiger partial charge in [0.2, 0.25) is 5.91 Å². The van der Waals surface area contributed by atoms with E-state index in [1.165, 1.54) is 167 Å². The Bertz CT molecular complexity index is 2170. The van der Waals surface area contributed by atoms with Crippen LogP contribution in [-0.2, 0) is 33.2 Å². The summed E-state index contributed by atoms with van der Waals surface area (Å²) in [4.78, 5) is 13.5. The molecule has 0 radical (unpaired) electrons. The van der Waals surface area contributed by atoms with Crippen molar-refractivity contribution < 1.29 is 89.4 Å². The van der Waals surface area contributed by atoms with Gasteiger partial charge >= 0.3 is 0 Å². The molecule has 3 rings (SSSR count). The van der Waals surface area contributed by atoms with Crippen molar-refractivity contribution in [1.29, 1.82) is 0 Å². The molecule has 3 heterocycles. The van der Waals surface area contributed by atoms with Gasteiger partial charge in [-0.2, -0.15) is 0 Å². The van der Waals surface area contributed by atoms with Gasteiger partial charge in [-0.05, 0) is 70.6 Å². The predicted octanol–water partition coefficient (Wildman–Crippen LogP) is 13.8. The lowest BCUT2D eigenvalue weighted by Gasteiger charge is -2.48. The van der Waals surface area contributed by atoms with Gasteiger partial charge in [-0.1, -0.05) is 311 Å². The number of nitrogens with one attached hydrogen (secondary N) is 1. The zero-order chi connectivity index (χ0) is 73.9. The van der Waals surface area contributed by atoms with Crippen LogP contribution < -0.4 is 5.32 Å². The third-order valence-electron chi connectivity index (χ3n) is 20.0. The summed E-state index contributed by atoms with van der Waals surface area (Å²) in [6, 6.07) is -0.906. The molecule has 17 atom stereocenters. The van der Waals surface area contributed by atoms with Crippen molar-refractivity contribution in [2.24, 2.45) is 0 Å². The van der Waals surface area contributed by atoms with Gasteiger partial charge in [-0.25, -0.2) is 0 Å². The van der Waals surface area contributed by atoms with E-state index in [2.05, 4.69) is 104 Å². The van der Waals surface area contributed by atoms with Gasteiger partial charge in [0.1, 0.15) is 73.2 Å². The van der Waals surface area contributed by atoms with Crippen molar-refractivity contribution in [2.45, 2.75) is 407 Å². The molecule has 19 heteroatoms. The minimum absolute atomic E-state index is 0.239. The van der Waals surface area contributed by atoms with Gasteiger partial charge in [0, 0.05) is 6.42 Å². The summed E-state index contributed by atoms with van der Waals surface area (Å²) in [5.41, 5.74) is 0. The summed E-state index contributed by atoms with van der Waals surface area (Å²) in [5, 5.41) is 121. The number of allylic oxidation sites excluding steroid dienone is 14. The summed E-state index contributed by atoms with van der Waals surface area (Å²) in [6.45, 7) is 1.70. The van der Waals surface area contributed by atoms with Crippen LogP contribution in [0.25, 0.3) is 0 Å². The van der Waals surface area contributed by atoms with Crippen molar-refractivity contribution in [1.82, 2.24) is 5.32 Å². The number of ether oxygens (including phenoxy) is 6. The second kappa shape index (κ2) is 63.0. The van der Waals surface area contributed by atoms with Crippen molar-refractivity contribution >= 4 is 5.91 Å². The molecule has 0 aromatic heterocycles. The summed E-state index contributed by atoms with van der Waals surface area (Å²) in [6.07, 6.45) is 56.7. The van der Waals surface area contributed by atoms with Crippen molar-refractivity contribution in [3.63, 3.8) is 0 Å². The van der Waals surface area contributed by atoms with Gasteiger partial charge < -0.3 is 89.9 Å². The second-order valence-electron chi connectivity index (χ2n) is 28.9. The number of hydrogen-bond acceptors (Lipinski definition) is 18. The largest absolute Gasteiger partial charge is 0.394 e. The number of hydrogen-bond donors (Lipinski definition) is 12. The van der Waals surface area contributed by atoms with Gasteiger partial charge in [-0.15, -0.1) is 0 Å². The van der Waals surface area contributed by atoms with Crippen molar-refractivity contribution in [3.05, 3.63) is 85.1 Å². The number of unbranched alkanes of at least 4 members (excludes halogenated alkanes) is 34. The first kappa shape index (κ1) is 93.2. The van der Waals surface area contributed by atoms with E-state index >= 15 is 0 Å². The van der Waals surface area contributed by atoms with Crippen LogP contribution in [0.5, 0.6) is 0 Å². The molecule has 0 spiro atoms. The SMILES string of the molecule is CC/C=C\C/C=C\C/C=C\C/C=C\C/C=C\C/C=C\C/C=C\CCCCCCCC(=O)NC(COC1OC(CO)C(OC2OC(CO)C(OC3OC(CO)C(O)C(O)C3O)C(O)C2O)C(O)C1O)C(O)CCCCCCCCCCCCCCCCCCCCCCCCCCCCCCCC. The average molecular weight is 1450 g/mol. The van der Waals surface area contributed by atoms with Crippen LogP contribution in [0.3, 0.4) is 0 Å². The van der Waals surface area contributed by atoms with E-state index in [0.29, 0.717) is 12.8 Å². The number of amides is 1. The van der Waals surface area contributed by atoms with E-state index in [1.54, 1.807) is 0 Å². The molecule has 0 aromatic rings. The Morgan fingerprint density at radius 3 is 1.06 bits per heavy atom. The zero-order valence-corrected chi connectivity index (χ0v) is 63.3. The third kappa shape index (κ3) is 42.5. The van der Waals surface area contributed by atoms with Crippen LogP contribution in [-0.4, -0.2) is 193 Å². The summed E-state index contributed by atoms with van der Waals surface area (Å²) < 4.78 is 34.5. The minimum Gasteiger partial charge on any atom is -0.394 e. The molecule has 0 saturated carbocycles. The Hall–Kier alpha value is -3.03. The first-order valence-corrected chi connectivity index (χ1v) is 40.8. The molecule has 102 heavy (non-hydrogen) atoms. The first-order valence-electron chi connectivity index (χ1n) is 40.8. The van der Waals surface area contributed by atoms with Crippen LogP contribution in [0.15, 0.2) is 85.1 Å². The summed E-state index contributed by atoms with van der Waals surface area (Å²) >= 11 is 0. The molecule has 1 amide bonds. The molecule has 19 nitrogen and oxygen atoms in total. The standard InChI is InChI=1S/C83H147NO18/c1-3-5-7-9-11-13-15-17-19-21-23-25-27-29-31-32-33-35-36-38-40-42-44-46-48-50-52-54-56-58-60-67(88)66(84-71(89)61-59-57-55-53-51-49-47-45-43-41-39-37-34-30-28-26-24-22-20-18-16-14-12-10-8-6-4-2)65-97-81-77(95)74(92)79(69(63-86)99-81)102-83-78(96)75(93)80(70(64-87)100-83)101-82-76(94)73(91)72(90)68(62-85)98-82/h6,8,12,14,18,20,24,26,30,34,39,41,45,47,66-70,72-83,85-88,90-96H,3-5,7,9-11,13,15-17,19,21-23,25,27-29,31-33,35-38,40,42-44,46,48-65H2,1-2H3,(H,84,89)/b8-6-,14-12-,20-18-,26-24-,34-30-,41-39-,47-45-. The monoisotopic (exact) mass is 1450 g/mol. The topological polar surface area (TPSA) is 307 Å². The van der Waals surface area contributed by atoms with E-state index in [-0.39, 0.29) is 18.9 Å². The Balaban J connectivity index is 1.38. The number of rotatable bonds is 64. The fourth-order valence-corrected chi connectivity index (χ4v) is 13.5. The highest BCUT2D eigenvalue weighted by molar-refractivity contribution is 5.76. The lowest BCUT2D eigenvalue weighted by molar-refractivity contribution is -0.379. The Kier molecular flexibility index (Phi) is 57.5. The minimum atomic E-state index is -1.98. The van der Waals surface area contributed by atoms with E-state index < -0.39 is 124 Å². The van der Waals surface area contributed by atoms with Crippen LogP contribution in [0.1, 0.15) is 303 Å². The lowest BCUT2D eigenvalue weighted by Crippen LogP contribution is -2.66. The van der Waals surface area contributed by atoms with Gasteiger partial charge in [0.05, 0.1) is 38.6 Å². The van der Waals surface area contributed by atoms with Crippen LogP contribution in [0, 0.1) is 0 Å². The normalized spacial score (nSPS) is 26.6. The third-order valence-corrected chi connectivity index (χ3v) is 20.0. The van der Waals surface area contributed by atoms with E-state index in [0.717, 1.165) is 103 Å². The quantitative estimate of drug-likeness (QED) is 0.0199. The maximum Gasteiger partial charge on any atom is 0.220 e.